The van der Waals surface area contributed by atoms with E-state index in [4.69, 9.17) is 0 Å². The molecule has 6 nitrogen and oxygen atoms in total. The van der Waals surface area contributed by atoms with Gasteiger partial charge in [0, 0.05) is 37.4 Å². The van der Waals surface area contributed by atoms with Crippen LogP contribution in [0.3, 0.4) is 0 Å². The van der Waals surface area contributed by atoms with Crippen molar-refractivity contribution in [3.63, 3.8) is 0 Å². The number of sulfonamides is 1. The Morgan fingerprint density at radius 2 is 1.86 bits per heavy atom. The highest BCUT2D eigenvalue weighted by atomic mass is 32.2. The van der Waals surface area contributed by atoms with Gasteiger partial charge in [0.15, 0.2) is 0 Å². The number of rotatable bonds is 4. The Bertz CT molecular complexity index is 614. The molecule has 0 aromatic carbocycles. The molecule has 2 aliphatic rings. The van der Waals surface area contributed by atoms with Crippen LogP contribution in [0.25, 0.3) is 0 Å². The van der Waals surface area contributed by atoms with E-state index in [9.17, 15) is 8.42 Å². The highest BCUT2D eigenvalue weighted by Gasteiger charge is 2.30. The number of nitrogens with zero attached hydrogens (tertiary/aromatic N) is 3. The lowest BCUT2D eigenvalue weighted by atomic mass is 9.95. The van der Waals surface area contributed by atoms with E-state index in [1.807, 2.05) is 0 Å². The predicted octanol–water partition coefficient (Wildman–Crippen LogP) is 1.97. The summed E-state index contributed by atoms with van der Waals surface area (Å²) >= 11 is 0. The van der Waals surface area contributed by atoms with Crippen molar-refractivity contribution in [3.05, 3.63) is 18.1 Å². The quantitative estimate of drug-likeness (QED) is 0.916. The Morgan fingerprint density at radius 1 is 1.14 bits per heavy atom. The summed E-state index contributed by atoms with van der Waals surface area (Å²) in [6.45, 7) is 1.12. The first-order valence-electron chi connectivity index (χ1n) is 8.06. The lowest BCUT2D eigenvalue weighted by molar-refractivity contribution is 0.314. The minimum Gasteiger partial charge on any atom is -0.366 e. The van der Waals surface area contributed by atoms with Gasteiger partial charge in [-0.25, -0.2) is 17.7 Å². The first-order valence-corrected chi connectivity index (χ1v) is 9.91. The van der Waals surface area contributed by atoms with Crippen LogP contribution in [0.2, 0.25) is 0 Å². The summed E-state index contributed by atoms with van der Waals surface area (Å²) in [5, 5.41) is 3.52. The maximum absolute atomic E-state index is 11.8. The standard InChI is InChI=1S/C15H24N4O2S/c1-22(20,21)19-10-4-5-12(11-19)14-15(17-9-8-16-14)18-13-6-2-3-7-13/h8-9,12-13H,2-7,10-11H2,1H3,(H,17,18)/t12-/m0/s1. The summed E-state index contributed by atoms with van der Waals surface area (Å²) in [5.41, 5.74) is 0.919. The van der Waals surface area contributed by atoms with E-state index in [0.29, 0.717) is 19.1 Å². The van der Waals surface area contributed by atoms with E-state index in [1.54, 1.807) is 16.7 Å². The third-order valence-corrected chi connectivity index (χ3v) is 5.93. The first kappa shape index (κ1) is 15.7. The van der Waals surface area contributed by atoms with Crippen LogP contribution in [-0.4, -0.2) is 48.1 Å². The summed E-state index contributed by atoms with van der Waals surface area (Å²) in [5.74, 6) is 0.968. The molecule has 1 saturated carbocycles. The SMILES string of the molecule is CS(=O)(=O)N1CCC[C@H](c2nccnc2NC2CCCC2)C1. The zero-order valence-corrected chi connectivity index (χ0v) is 13.8. The van der Waals surface area contributed by atoms with Gasteiger partial charge in [-0.3, -0.25) is 4.98 Å². The fraction of sp³-hybridized carbons (Fsp3) is 0.733. The van der Waals surface area contributed by atoms with Crippen molar-refractivity contribution in [1.82, 2.24) is 14.3 Å². The summed E-state index contributed by atoms with van der Waals surface area (Å²) in [4.78, 5) is 8.98. The number of aromatic nitrogens is 2. The molecule has 0 bridgehead atoms. The molecule has 1 N–H and O–H groups in total. The Labute approximate surface area is 132 Å². The van der Waals surface area contributed by atoms with Crippen molar-refractivity contribution < 1.29 is 8.42 Å². The molecule has 7 heteroatoms. The molecule has 1 saturated heterocycles. The van der Waals surface area contributed by atoms with Gasteiger partial charge in [-0.15, -0.1) is 0 Å². The molecular formula is C15H24N4O2S. The monoisotopic (exact) mass is 324 g/mol. The van der Waals surface area contributed by atoms with Gasteiger partial charge in [0.2, 0.25) is 10.0 Å². The predicted molar refractivity (Wildman–Crippen MR) is 86.3 cm³/mol. The van der Waals surface area contributed by atoms with E-state index in [2.05, 4.69) is 15.3 Å². The van der Waals surface area contributed by atoms with Gasteiger partial charge in [-0.05, 0) is 25.7 Å². The maximum atomic E-state index is 11.8. The summed E-state index contributed by atoms with van der Waals surface area (Å²) in [6.07, 6.45) is 11.4. The van der Waals surface area contributed by atoms with Gasteiger partial charge in [0.25, 0.3) is 0 Å². The molecule has 3 rings (SSSR count). The molecule has 22 heavy (non-hydrogen) atoms. The number of piperidine rings is 1. The highest BCUT2D eigenvalue weighted by Crippen LogP contribution is 2.31. The van der Waals surface area contributed by atoms with Gasteiger partial charge in [0.1, 0.15) is 5.82 Å². The maximum Gasteiger partial charge on any atom is 0.211 e. The number of hydrogen-bond donors (Lipinski definition) is 1. The average Bonchev–Trinajstić information content (AvgIpc) is 3.00. The van der Waals surface area contributed by atoms with Crippen LogP contribution in [0.5, 0.6) is 0 Å². The number of nitrogens with one attached hydrogen (secondary N) is 1. The molecule has 0 radical (unpaired) electrons. The van der Waals surface area contributed by atoms with E-state index < -0.39 is 10.0 Å². The zero-order valence-electron chi connectivity index (χ0n) is 13.0. The second-order valence-electron chi connectivity index (χ2n) is 6.38. The van der Waals surface area contributed by atoms with Gasteiger partial charge < -0.3 is 5.32 Å². The van der Waals surface area contributed by atoms with Crippen LogP contribution < -0.4 is 5.32 Å². The molecule has 2 fully saturated rings. The molecule has 1 aromatic heterocycles. The van der Waals surface area contributed by atoms with Crippen molar-refractivity contribution in [2.24, 2.45) is 0 Å². The van der Waals surface area contributed by atoms with Crippen LogP contribution in [-0.2, 0) is 10.0 Å². The van der Waals surface area contributed by atoms with Crippen molar-refractivity contribution in [1.29, 1.82) is 0 Å². The Kier molecular flexibility index (Phi) is 4.63. The van der Waals surface area contributed by atoms with Gasteiger partial charge >= 0.3 is 0 Å². The van der Waals surface area contributed by atoms with Crippen LogP contribution in [0, 0.1) is 0 Å². The van der Waals surface area contributed by atoms with E-state index in [-0.39, 0.29) is 5.92 Å². The molecule has 1 aliphatic carbocycles. The Hall–Kier alpha value is -1.21. The average molecular weight is 324 g/mol. The summed E-state index contributed by atoms with van der Waals surface area (Å²) in [7, 11) is -3.14. The Balaban J connectivity index is 1.78. The van der Waals surface area contributed by atoms with Gasteiger partial charge in [-0.1, -0.05) is 12.8 Å². The van der Waals surface area contributed by atoms with Gasteiger partial charge in [0.05, 0.1) is 11.9 Å². The first-order chi connectivity index (χ1) is 10.5. The fourth-order valence-corrected chi connectivity index (χ4v) is 4.40. The molecule has 1 aromatic rings. The molecule has 122 valence electrons. The molecule has 0 unspecified atom stereocenters. The van der Waals surface area contributed by atoms with Crippen LogP contribution >= 0.6 is 0 Å². The van der Waals surface area contributed by atoms with Crippen LogP contribution in [0.1, 0.15) is 50.1 Å². The third kappa shape index (κ3) is 3.57. The van der Waals surface area contributed by atoms with Crippen molar-refractivity contribution in [3.8, 4) is 0 Å². The lowest BCUT2D eigenvalue weighted by Gasteiger charge is -2.31. The topological polar surface area (TPSA) is 75.2 Å². The van der Waals surface area contributed by atoms with Crippen molar-refractivity contribution >= 4 is 15.8 Å². The minimum absolute atomic E-state index is 0.126. The van der Waals surface area contributed by atoms with E-state index in [1.165, 1.54) is 31.9 Å². The second-order valence-corrected chi connectivity index (χ2v) is 8.36. The summed E-state index contributed by atoms with van der Waals surface area (Å²) in [6, 6.07) is 0.477. The second kappa shape index (κ2) is 6.50. The fourth-order valence-electron chi connectivity index (χ4n) is 3.49. The van der Waals surface area contributed by atoms with Crippen LogP contribution in [0.15, 0.2) is 12.4 Å². The molecule has 0 spiro atoms. The molecule has 2 heterocycles. The Morgan fingerprint density at radius 3 is 2.59 bits per heavy atom. The molecular weight excluding hydrogens is 300 g/mol. The molecule has 1 atom stereocenters. The smallest absolute Gasteiger partial charge is 0.211 e. The number of anilines is 1. The lowest BCUT2D eigenvalue weighted by Crippen LogP contribution is -2.38. The van der Waals surface area contributed by atoms with E-state index in [0.717, 1.165) is 24.4 Å². The highest BCUT2D eigenvalue weighted by molar-refractivity contribution is 7.88. The van der Waals surface area contributed by atoms with Crippen LogP contribution in [0.4, 0.5) is 5.82 Å². The minimum atomic E-state index is -3.14. The molecule has 0 amide bonds. The largest absolute Gasteiger partial charge is 0.366 e. The third-order valence-electron chi connectivity index (χ3n) is 4.66. The summed E-state index contributed by atoms with van der Waals surface area (Å²) < 4.78 is 25.2. The van der Waals surface area contributed by atoms with E-state index >= 15 is 0 Å². The normalized spacial score (nSPS) is 24.5. The number of hydrogen-bond acceptors (Lipinski definition) is 5. The van der Waals surface area contributed by atoms with Crippen molar-refractivity contribution in [2.75, 3.05) is 24.7 Å². The van der Waals surface area contributed by atoms with Crippen molar-refractivity contribution in [2.45, 2.75) is 50.5 Å². The van der Waals surface area contributed by atoms with Gasteiger partial charge in [-0.2, -0.15) is 0 Å². The zero-order chi connectivity index (χ0) is 15.6. The molecule has 1 aliphatic heterocycles.